The number of nitrogens with zero attached hydrogens (tertiary/aromatic N) is 6. The lowest BCUT2D eigenvalue weighted by Crippen LogP contribution is -2.43. The molecule has 3 N–H and O–H groups in total. The molecule has 0 unspecified atom stereocenters. The maximum Gasteiger partial charge on any atom is 0.321 e. The first-order valence-corrected chi connectivity index (χ1v) is 13.3. The molecule has 0 saturated carbocycles. The molecule has 0 aliphatic carbocycles. The summed E-state index contributed by atoms with van der Waals surface area (Å²) in [6.45, 7) is 5.26. The zero-order chi connectivity index (χ0) is 27.6. The summed E-state index contributed by atoms with van der Waals surface area (Å²) in [7, 11) is 0. The first-order valence-electron chi connectivity index (χ1n) is 12.5. The number of aromatic nitrogens is 4. The third kappa shape index (κ3) is 5.35. The van der Waals surface area contributed by atoms with E-state index in [1.54, 1.807) is 31.5 Å². The van der Waals surface area contributed by atoms with Crippen molar-refractivity contribution in [2.24, 2.45) is 5.41 Å². The highest BCUT2D eigenvalue weighted by atomic mass is 32.1. The molecule has 2 amide bonds. The minimum atomic E-state index is -0.771. The molecule has 0 bridgehead atoms. The number of piperidine rings is 1. The van der Waals surface area contributed by atoms with E-state index in [1.165, 1.54) is 17.5 Å². The SMILES string of the molecule is CCNC(=O)Nc1nc2cc(-c3cnc(N4CCC(C)(C(=O)O)CC4)nc3)cc(-c3ccc(C#N)cn3)c2s1. The molecule has 4 heterocycles. The van der Waals surface area contributed by atoms with Crippen molar-refractivity contribution in [3.05, 3.63) is 48.4 Å². The minimum absolute atomic E-state index is 0.333. The summed E-state index contributed by atoms with van der Waals surface area (Å²) >= 11 is 1.34. The van der Waals surface area contributed by atoms with Crippen LogP contribution in [0.5, 0.6) is 0 Å². The van der Waals surface area contributed by atoms with Gasteiger partial charge in [-0.3, -0.25) is 15.1 Å². The van der Waals surface area contributed by atoms with Crippen molar-refractivity contribution < 1.29 is 14.7 Å². The largest absolute Gasteiger partial charge is 0.481 e. The number of nitrogens with one attached hydrogen (secondary N) is 2. The number of carboxylic acid groups (broad SMARTS) is 1. The van der Waals surface area contributed by atoms with Crippen LogP contribution >= 0.6 is 11.3 Å². The average Bonchev–Trinajstić information content (AvgIpc) is 3.35. The normalized spacial score (nSPS) is 14.5. The molecule has 11 nitrogen and oxygen atoms in total. The molecular formula is C27H26N8O3S. The molecule has 0 atom stereocenters. The Balaban J connectivity index is 1.48. The van der Waals surface area contributed by atoms with E-state index in [0.29, 0.717) is 60.3 Å². The number of hydrogen-bond acceptors (Lipinski definition) is 9. The number of thiazole rings is 1. The highest BCUT2D eigenvalue weighted by molar-refractivity contribution is 7.22. The van der Waals surface area contributed by atoms with Gasteiger partial charge in [0.25, 0.3) is 0 Å². The van der Waals surface area contributed by atoms with Gasteiger partial charge in [-0.25, -0.2) is 19.7 Å². The van der Waals surface area contributed by atoms with Crippen LogP contribution in [0.2, 0.25) is 0 Å². The highest BCUT2D eigenvalue weighted by Crippen LogP contribution is 2.38. The number of fused-ring (bicyclic) bond motifs is 1. The van der Waals surface area contributed by atoms with Gasteiger partial charge in [-0.1, -0.05) is 11.3 Å². The van der Waals surface area contributed by atoms with Crippen LogP contribution in [0, 0.1) is 16.7 Å². The van der Waals surface area contributed by atoms with Gasteiger partial charge < -0.3 is 15.3 Å². The summed E-state index contributed by atoms with van der Waals surface area (Å²) in [5.41, 5.74) is 3.48. The number of pyridine rings is 1. The average molecular weight is 543 g/mol. The van der Waals surface area contributed by atoms with Crippen LogP contribution in [0.3, 0.4) is 0 Å². The van der Waals surface area contributed by atoms with Crippen LogP contribution in [0.1, 0.15) is 32.3 Å². The summed E-state index contributed by atoms with van der Waals surface area (Å²) in [6, 6.07) is 9.14. The summed E-state index contributed by atoms with van der Waals surface area (Å²) in [5, 5.41) is 24.6. The van der Waals surface area contributed by atoms with E-state index in [1.807, 2.05) is 24.0 Å². The Kier molecular flexibility index (Phi) is 7.08. The minimum Gasteiger partial charge on any atom is -0.481 e. The lowest BCUT2D eigenvalue weighted by atomic mass is 9.80. The van der Waals surface area contributed by atoms with E-state index in [4.69, 9.17) is 0 Å². The van der Waals surface area contributed by atoms with E-state index in [-0.39, 0.29) is 6.03 Å². The van der Waals surface area contributed by atoms with Gasteiger partial charge in [0.2, 0.25) is 5.95 Å². The number of benzene rings is 1. The van der Waals surface area contributed by atoms with Crippen LogP contribution in [-0.4, -0.2) is 56.7 Å². The van der Waals surface area contributed by atoms with Crippen molar-refractivity contribution in [1.82, 2.24) is 25.3 Å². The summed E-state index contributed by atoms with van der Waals surface area (Å²) in [6.07, 6.45) is 6.06. The molecule has 1 aliphatic heterocycles. The Morgan fingerprint density at radius 3 is 2.49 bits per heavy atom. The van der Waals surface area contributed by atoms with Crippen LogP contribution in [0.4, 0.5) is 15.9 Å². The number of aliphatic carboxylic acids is 1. The van der Waals surface area contributed by atoms with Gasteiger partial charge in [0, 0.05) is 49.4 Å². The van der Waals surface area contributed by atoms with Crippen molar-refractivity contribution in [2.45, 2.75) is 26.7 Å². The third-order valence-corrected chi connectivity index (χ3v) is 7.87. The number of amides is 2. The number of rotatable bonds is 6. The summed E-state index contributed by atoms with van der Waals surface area (Å²) < 4.78 is 0.843. The zero-order valence-electron chi connectivity index (χ0n) is 21.4. The number of carbonyl (C=O) groups is 2. The van der Waals surface area contributed by atoms with Crippen LogP contribution in [0.25, 0.3) is 32.6 Å². The molecule has 0 spiro atoms. The number of anilines is 2. The van der Waals surface area contributed by atoms with E-state index >= 15 is 0 Å². The molecule has 4 aromatic rings. The number of urea groups is 1. The van der Waals surface area contributed by atoms with Crippen molar-refractivity contribution in [3.8, 4) is 28.5 Å². The van der Waals surface area contributed by atoms with Crippen LogP contribution in [-0.2, 0) is 4.79 Å². The molecule has 3 aromatic heterocycles. The zero-order valence-corrected chi connectivity index (χ0v) is 22.2. The molecule has 1 aromatic carbocycles. The second-order valence-corrected chi connectivity index (χ2v) is 10.5. The molecule has 12 heteroatoms. The number of hydrogen-bond donors (Lipinski definition) is 3. The predicted molar refractivity (Wildman–Crippen MR) is 148 cm³/mol. The van der Waals surface area contributed by atoms with Crippen LogP contribution < -0.4 is 15.5 Å². The molecule has 0 radical (unpaired) electrons. The smallest absolute Gasteiger partial charge is 0.321 e. The molecule has 39 heavy (non-hydrogen) atoms. The highest BCUT2D eigenvalue weighted by Gasteiger charge is 2.37. The van der Waals surface area contributed by atoms with Crippen molar-refractivity contribution >= 4 is 44.6 Å². The summed E-state index contributed by atoms with van der Waals surface area (Å²) in [5.74, 6) is -0.212. The van der Waals surface area contributed by atoms with E-state index in [0.717, 1.165) is 21.4 Å². The first kappa shape index (κ1) is 26.0. The van der Waals surface area contributed by atoms with Crippen molar-refractivity contribution in [1.29, 1.82) is 5.26 Å². The third-order valence-electron chi connectivity index (χ3n) is 6.85. The molecule has 1 fully saturated rings. The first-order chi connectivity index (χ1) is 18.8. The topological polar surface area (TPSA) is 157 Å². The quantitative estimate of drug-likeness (QED) is 0.319. The van der Waals surface area contributed by atoms with Gasteiger partial charge in [-0.05, 0) is 56.5 Å². The molecule has 1 aliphatic rings. The standard InChI is InChI=1S/C27H26N8O3S/c1-3-29-25(38)34-26-33-21-11-17(10-19(22(21)39-26)20-5-4-16(12-28)13-30-20)18-14-31-24(32-15-18)35-8-6-27(2,7-9-35)23(36)37/h4-5,10-11,13-15H,3,6-9H2,1-2H3,(H,36,37)(H2,29,33,34,38). The molecule has 198 valence electrons. The van der Waals surface area contributed by atoms with Gasteiger partial charge in [0.15, 0.2) is 5.13 Å². The van der Waals surface area contributed by atoms with Gasteiger partial charge in [0.1, 0.15) is 6.07 Å². The molecule has 1 saturated heterocycles. The maximum absolute atomic E-state index is 12.1. The molecule has 5 rings (SSSR count). The van der Waals surface area contributed by atoms with Crippen molar-refractivity contribution in [3.63, 3.8) is 0 Å². The maximum atomic E-state index is 12.1. The van der Waals surface area contributed by atoms with E-state index < -0.39 is 11.4 Å². The Morgan fingerprint density at radius 1 is 1.13 bits per heavy atom. The van der Waals surface area contributed by atoms with Gasteiger partial charge in [-0.2, -0.15) is 5.26 Å². The number of carbonyl (C=O) groups excluding carboxylic acids is 1. The predicted octanol–water partition coefficient (Wildman–Crippen LogP) is 4.52. The Bertz CT molecular complexity index is 1570. The number of nitriles is 1. The van der Waals surface area contributed by atoms with E-state index in [9.17, 15) is 20.0 Å². The van der Waals surface area contributed by atoms with Crippen molar-refractivity contribution in [2.75, 3.05) is 29.9 Å². The molecular weight excluding hydrogens is 516 g/mol. The fourth-order valence-corrected chi connectivity index (χ4v) is 5.38. The van der Waals surface area contributed by atoms with Crippen LogP contribution in [0.15, 0.2) is 42.9 Å². The van der Waals surface area contributed by atoms with E-state index in [2.05, 4.69) is 36.6 Å². The Hall–Kier alpha value is -4.63. The second kappa shape index (κ2) is 10.6. The number of carboxylic acids is 1. The van der Waals surface area contributed by atoms with Gasteiger partial charge in [-0.15, -0.1) is 0 Å². The van der Waals surface area contributed by atoms with Gasteiger partial charge >= 0.3 is 12.0 Å². The van der Waals surface area contributed by atoms with Gasteiger partial charge in [0.05, 0.1) is 26.9 Å². The summed E-state index contributed by atoms with van der Waals surface area (Å²) in [4.78, 5) is 43.9. The lowest BCUT2D eigenvalue weighted by molar-refractivity contribution is -0.149. The fraction of sp³-hybridized carbons (Fsp3) is 0.296. The lowest BCUT2D eigenvalue weighted by Gasteiger charge is -2.36. The Labute approximate surface area is 228 Å². The fourth-order valence-electron chi connectivity index (χ4n) is 4.41. The Morgan fingerprint density at radius 2 is 1.87 bits per heavy atom. The second-order valence-electron chi connectivity index (χ2n) is 9.54. The monoisotopic (exact) mass is 542 g/mol.